The average Bonchev–Trinajstić information content (AvgIpc) is 3.59. The minimum absolute atomic E-state index is 0.395. The number of benzene rings is 6. The molecule has 1 aliphatic rings. The van der Waals surface area contributed by atoms with E-state index in [-0.39, 0.29) is 0 Å². The smallest absolute Gasteiger partial charge is 0.227 e. The van der Waals surface area contributed by atoms with Crippen molar-refractivity contribution >= 4 is 22.7 Å². The van der Waals surface area contributed by atoms with E-state index in [0.717, 1.165) is 27.8 Å². The zero-order valence-corrected chi connectivity index (χ0v) is 22.8. The maximum atomic E-state index is 6.21. The van der Waals surface area contributed by atoms with E-state index in [0.29, 0.717) is 10.9 Å². The molecule has 0 saturated carbocycles. The van der Waals surface area contributed by atoms with E-state index in [4.69, 9.17) is 21.0 Å². The van der Waals surface area contributed by atoms with E-state index in [1.165, 1.54) is 33.4 Å². The fourth-order valence-electron chi connectivity index (χ4n) is 6.48. The van der Waals surface area contributed by atoms with Crippen LogP contribution in [0.3, 0.4) is 0 Å². The van der Waals surface area contributed by atoms with Crippen molar-refractivity contribution in [2.75, 3.05) is 0 Å². The molecular formula is C38H24ClNO. The third-order valence-corrected chi connectivity index (χ3v) is 8.49. The molecule has 6 aromatic carbocycles. The van der Waals surface area contributed by atoms with Gasteiger partial charge in [-0.3, -0.25) is 0 Å². The van der Waals surface area contributed by atoms with Gasteiger partial charge in [-0.2, -0.15) is 0 Å². The maximum Gasteiger partial charge on any atom is 0.227 e. The lowest BCUT2D eigenvalue weighted by Crippen LogP contribution is -2.28. The summed E-state index contributed by atoms with van der Waals surface area (Å²) >= 11 is 6.21. The van der Waals surface area contributed by atoms with Crippen molar-refractivity contribution in [2.24, 2.45) is 0 Å². The largest absolute Gasteiger partial charge is 0.436 e. The second-order valence-electron chi connectivity index (χ2n) is 10.5. The Morgan fingerprint density at radius 1 is 0.512 bits per heavy atom. The Bertz CT molecular complexity index is 2020. The highest BCUT2D eigenvalue weighted by Gasteiger charge is 2.45. The lowest BCUT2D eigenvalue weighted by Gasteiger charge is -2.33. The zero-order valence-electron chi connectivity index (χ0n) is 22.1. The summed E-state index contributed by atoms with van der Waals surface area (Å²) in [4.78, 5) is 4.71. The fourth-order valence-corrected chi connectivity index (χ4v) is 6.67. The van der Waals surface area contributed by atoms with Gasteiger partial charge in [-0.1, -0.05) is 121 Å². The number of hydrogen-bond donors (Lipinski definition) is 0. The van der Waals surface area contributed by atoms with Gasteiger partial charge in [0, 0.05) is 10.6 Å². The van der Waals surface area contributed by atoms with Crippen molar-refractivity contribution in [3.8, 4) is 33.7 Å². The molecule has 0 aliphatic heterocycles. The average molecular weight is 546 g/mol. The van der Waals surface area contributed by atoms with E-state index in [1.807, 2.05) is 30.3 Å². The molecule has 41 heavy (non-hydrogen) atoms. The van der Waals surface area contributed by atoms with Crippen LogP contribution in [-0.2, 0) is 5.41 Å². The highest BCUT2D eigenvalue weighted by molar-refractivity contribution is 6.30. The molecular weight excluding hydrogens is 522 g/mol. The first-order valence-electron chi connectivity index (χ1n) is 13.7. The molecule has 194 valence electrons. The third-order valence-electron chi connectivity index (χ3n) is 8.25. The van der Waals surface area contributed by atoms with Crippen molar-refractivity contribution < 1.29 is 4.42 Å². The molecule has 0 saturated heterocycles. The molecule has 0 bridgehead atoms. The predicted octanol–water partition coefficient (Wildman–Crippen LogP) is 10.2. The minimum Gasteiger partial charge on any atom is -0.436 e. The molecule has 0 atom stereocenters. The number of rotatable bonds is 4. The van der Waals surface area contributed by atoms with E-state index < -0.39 is 5.41 Å². The van der Waals surface area contributed by atoms with Crippen molar-refractivity contribution in [2.45, 2.75) is 5.41 Å². The van der Waals surface area contributed by atoms with E-state index in [2.05, 4.69) is 115 Å². The van der Waals surface area contributed by atoms with Crippen LogP contribution < -0.4 is 0 Å². The Kier molecular flexibility index (Phi) is 5.44. The van der Waals surface area contributed by atoms with Crippen LogP contribution in [0.4, 0.5) is 0 Å². The first kappa shape index (κ1) is 23.9. The van der Waals surface area contributed by atoms with E-state index >= 15 is 0 Å². The normalized spacial score (nSPS) is 13.2. The number of fused-ring (bicyclic) bond motifs is 4. The number of oxazole rings is 1. The van der Waals surface area contributed by atoms with Gasteiger partial charge in [0.1, 0.15) is 5.52 Å². The molecule has 2 nitrogen and oxygen atoms in total. The maximum absolute atomic E-state index is 6.21. The van der Waals surface area contributed by atoms with Gasteiger partial charge in [0.05, 0.1) is 5.41 Å². The second-order valence-corrected chi connectivity index (χ2v) is 10.9. The molecule has 0 N–H and O–H groups in total. The highest BCUT2D eigenvalue weighted by atomic mass is 35.5. The summed E-state index contributed by atoms with van der Waals surface area (Å²) in [5.41, 5.74) is 11.9. The molecule has 1 heterocycles. The van der Waals surface area contributed by atoms with Gasteiger partial charge in [-0.25, -0.2) is 4.98 Å². The Morgan fingerprint density at radius 3 is 1.93 bits per heavy atom. The molecule has 0 amide bonds. The molecule has 0 unspecified atom stereocenters. The third kappa shape index (κ3) is 3.68. The molecule has 0 spiro atoms. The molecule has 1 aromatic heterocycles. The standard InChI is InChI=1S/C38H24ClNO/c39-30-15-9-10-27(22-30)37-40-35-21-19-26(24-36(35)41-37)25-18-20-34-32(23-25)31-16-7-8-17-33(31)38(34,28-11-3-1-4-12-28)29-13-5-2-6-14-29/h1-24H. The first-order valence-corrected chi connectivity index (χ1v) is 14.1. The van der Waals surface area contributed by atoms with E-state index in [1.54, 1.807) is 0 Å². The van der Waals surface area contributed by atoms with Gasteiger partial charge in [-0.05, 0) is 80.9 Å². The summed E-state index contributed by atoms with van der Waals surface area (Å²) in [5, 5.41) is 0.658. The molecule has 0 fully saturated rings. The van der Waals surface area contributed by atoms with Crippen LogP contribution in [-0.4, -0.2) is 4.98 Å². The Labute approximate surface area is 243 Å². The van der Waals surface area contributed by atoms with Gasteiger partial charge in [-0.15, -0.1) is 0 Å². The number of hydrogen-bond acceptors (Lipinski definition) is 2. The summed E-state index contributed by atoms with van der Waals surface area (Å²) in [6, 6.07) is 51.3. The van der Waals surface area contributed by atoms with Crippen LogP contribution in [0.15, 0.2) is 150 Å². The van der Waals surface area contributed by atoms with Crippen LogP contribution in [0, 0.1) is 0 Å². The summed E-state index contributed by atoms with van der Waals surface area (Å²) in [5.74, 6) is 0.568. The summed E-state index contributed by atoms with van der Waals surface area (Å²) in [7, 11) is 0. The quantitative estimate of drug-likeness (QED) is 0.220. The lowest BCUT2D eigenvalue weighted by atomic mass is 9.67. The van der Waals surface area contributed by atoms with Crippen LogP contribution in [0.25, 0.3) is 44.8 Å². The van der Waals surface area contributed by atoms with Crippen LogP contribution >= 0.6 is 11.6 Å². The summed E-state index contributed by atoms with van der Waals surface area (Å²) in [6.45, 7) is 0. The van der Waals surface area contributed by atoms with Crippen molar-refractivity contribution in [1.29, 1.82) is 0 Å². The topological polar surface area (TPSA) is 26.0 Å². The van der Waals surface area contributed by atoms with Crippen molar-refractivity contribution in [3.05, 3.63) is 173 Å². The van der Waals surface area contributed by atoms with Gasteiger partial charge in [0.25, 0.3) is 0 Å². The van der Waals surface area contributed by atoms with Crippen LogP contribution in [0.1, 0.15) is 22.3 Å². The number of aromatic nitrogens is 1. The summed E-state index contributed by atoms with van der Waals surface area (Å²) in [6.07, 6.45) is 0. The first-order chi connectivity index (χ1) is 20.2. The highest BCUT2D eigenvalue weighted by Crippen LogP contribution is 2.56. The van der Waals surface area contributed by atoms with Gasteiger partial charge in [0.2, 0.25) is 5.89 Å². The molecule has 3 heteroatoms. The predicted molar refractivity (Wildman–Crippen MR) is 167 cm³/mol. The fraction of sp³-hybridized carbons (Fsp3) is 0.0263. The molecule has 7 aromatic rings. The zero-order chi connectivity index (χ0) is 27.4. The monoisotopic (exact) mass is 545 g/mol. The number of halogens is 1. The van der Waals surface area contributed by atoms with Gasteiger partial charge in [0.15, 0.2) is 5.58 Å². The minimum atomic E-state index is -0.395. The summed E-state index contributed by atoms with van der Waals surface area (Å²) < 4.78 is 6.20. The van der Waals surface area contributed by atoms with Gasteiger partial charge >= 0.3 is 0 Å². The molecule has 0 radical (unpaired) electrons. The molecule has 8 rings (SSSR count). The lowest BCUT2D eigenvalue weighted by molar-refractivity contribution is 0.620. The Morgan fingerprint density at radius 2 is 1.17 bits per heavy atom. The van der Waals surface area contributed by atoms with Gasteiger partial charge < -0.3 is 4.42 Å². The molecule has 1 aliphatic carbocycles. The van der Waals surface area contributed by atoms with Crippen LogP contribution in [0.2, 0.25) is 5.02 Å². The van der Waals surface area contributed by atoms with Crippen molar-refractivity contribution in [3.63, 3.8) is 0 Å². The Balaban J connectivity index is 1.31. The Hall–Kier alpha value is -4.92. The van der Waals surface area contributed by atoms with Crippen LogP contribution in [0.5, 0.6) is 0 Å². The van der Waals surface area contributed by atoms with Crippen molar-refractivity contribution in [1.82, 2.24) is 4.98 Å². The van der Waals surface area contributed by atoms with E-state index in [9.17, 15) is 0 Å². The second kappa shape index (κ2) is 9.33. The number of nitrogens with zero attached hydrogens (tertiary/aromatic N) is 1. The SMILES string of the molecule is Clc1cccc(-c2nc3ccc(-c4ccc5c(c4)-c4ccccc4C5(c4ccccc4)c4ccccc4)cc3o2)c1.